The molecule has 3 aromatic heterocycles. The number of methoxy groups -OCH3 is 10. The Morgan fingerprint density at radius 2 is 0.847 bits per heavy atom. The molecule has 796 valence electrons. The number of nitrogens with two attached hydrogens (primary N) is 2. The molecule has 13 N–H and O–H groups in total. The van der Waals surface area contributed by atoms with Crippen molar-refractivity contribution in [1.29, 1.82) is 0 Å². The van der Waals surface area contributed by atoms with Crippen LogP contribution in [0.5, 0.6) is 46.1 Å². The van der Waals surface area contributed by atoms with E-state index in [9.17, 15) is 63.0 Å². The summed E-state index contributed by atoms with van der Waals surface area (Å²) in [5.74, 6) is 0.483. The molecule has 0 unspecified atom stereocenters. The Balaban J connectivity index is 0.000000195. The molecule has 1 fully saturated rings. The van der Waals surface area contributed by atoms with Gasteiger partial charge in [-0.15, -0.1) is 0 Å². The number of hydrogen-bond donors (Lipinski definition) is 11. The molecule has 7 atom stereocenters. The van der Waals surface area contributed by atoms with Crippen LogP contribution in [0.4, 0.5) is 11.9 Å². The van der Waals surface area contributed by atoms with E-state index in [-0.39, 0.29) is 132 Å². The van der Waals surface area contributed by atoms with Gasteiger partial charge in [-0.3, -0.25) is 52.9 Å². The third-order valence-corrected chi connectivity index (χ3v) is 27.1. The maximum atomic E-state index is 12.6. The van der Waals surface area contributed by atoms with E-state index in [2.05, 4.69) is 172 Å². The molecule has 1 saturated heterocycles. The quantitative estimate of drug-likeness (QED) is 0.00542. The molecular formula is C102H109Br6ClN16O25. The smallest absolute Gasteiger partial charge is 0.346 e. The van der Waals surface area contributed by atoms with Gasteiger partial charge >= 0.3 is 23.9 Å². The summed E-state index contributed by atoms with van der Waals surface area (Å²) >= 11 is 26.3. The normalized spacial score (nSPS) is 16.2. The number of carbonyl (C=O) groups excluding carboxylic acids is 11. The molecule has 0 saturated carbocycles. The molecule has 0 spiro atoms. The number of aromatic nitrogens is 6. The lowest BCUT2D eigenvalue weighted by molar-refractivity contribution is -0.145. The van der Waals surface area contributed by atoms with E-state index < -0.39 is 48.2 Å². The van der Waals surface area contributed by atoms with Gasteiger partial charge in [0.2, 0.25) is 29.6 Å². The van der Waals surface area contributed by atoms with Crippen LogP contribution in [0, 0.1) is 0 Å². The average Bonchev–Trinajstić information content (AvgIpc) is 0.822. The van der Waals surface area contributed by atoms with Gasteiger partial charge in [0.05, 0.1) is 186 Å². The molecule has 6 amide bonds. The average molecular weight is 2470 g/mol. The standard InChI is InChI=1S/C19H18N6O3.C16H20BrNO6.C15H17BrN2O3.C14H13BrN4O2.C14H14BrNO5.C12H15BrClNO3.C12H12BrNO3/c1-27-10-3-4-11(16-8-21-9-17(23-16)28-2)12(5-10)14-6-15-13(18(26)24-14)7-22-19(20)25-15;1-4-24-16(21)8-13(18-14(19)9-15(20)23-3)11-7-10(22-2)5-6-12(11)17;1-18(2)8-11-14(19)7-13(17-15(11)20)10-6-9(21-3)4-5-12(10)16;1-21-7-2-3-10(15)8(4-7)11-5-12-9(13(20)18-11)6-17-14(16)19-12;1-20-7-3-4-9(15)8(5-7)10-6-11(17)12(13(18)16-10)14(19)21-2;1-3-18-12(16)7-11(15-14)9-6-8(17-2)4-5-10(9)13;1-17-8-2-3-10(13)9(6-8)11-4-7(15)5-12(16)14-11/h3-5,7-9,14H,6H2,1-2H3,(H,24,26)(H2,20,22,25);5-7,13H,4,8-9H2,1-3H3,(H,18,19);4-6,8,13H,7H2,1-3H3,(H,17,20);2-4,6,11H,5H2,1H3,(H,18,20)(H2,16,17,19);3-5,10,17H,6H2,1-2H3,(H,16,18);4-6,11,15H,3,7H2,1-2H3;2-3,5-6,11,15H,4H2,1H3,(H,14,16)/b;;11-8-;;;;/t14-;2*13-;11-;10-;2*11-/m1111111/s1. The van der Waals surface area contributed by atoms with Crippen molar-refractivity contribution >= 4 is 184 Å². The zero-order valence-corrected chi connectivity index (χ0v) is 93.7. The summed E-state index contributed by atoms with van der Waals surface area (Å²) in [5, 5.41) is 36.4. The molecule has 0 radical (unpaired) electrons. The van der Waals surface area contributed by atoms with Gasteiger partial charge in [0, 0.05) is 103 Å². The Hall–Kier alpha value is -14.1. The topological polar surface area (TPSA) is 556 Å². The van der Waals surface area contributed by atoms with Gasteiger partial charge in [0.25, 0.3) is 23.6 Å². The number of esters is 4. The number of Topliss-reactive ketones (excluding diaryl/α,β-unsaturated/α-hetero) is 1. The molecule has 7 aromatic carbocycles. The van der Waals surface area contributed by atoms with E-state index in [0.717, 1.165) is 74.2 Å². The van der Waals surface area contributed by atoms with E-state index in [1.807, 2.05) is 91.0 Å². The van der Waals surface area contributed by atoms with E-state index in [1.165, 1.54) is 46.0 Å². The van der Waals surface area contributed by atoms with Crippen molar-refractivity contribution in [2.45, 2.75) is 108 Å². The van der Waals surface area contributed by atoms with Crippen molar-refractivity contribution < 1.29 is 120 Å². The number of piperidine rings is 1. The summed E-state index contributed by atoms with van der Waals surface area (Å²) in [5.41, 5.74) is 20.5. The molecule has 8 heterocycles. The minimum absolute atomic E-state index is 0.0769. The van der Waals surface area contributed by atoms with Crippen LogP contribution < -0.4 is 86.1 Å². The lowest BCUT2D eigenvalue weighted by atomic mass is 9.91. The van der Waals surface area contributed by atoms with Gasteiger partial charge in [-0.05, 0) is 192 Å². The van der Waals surface area contributed by atoms with Crippen molar-refractivity contribution in [1.82, 2.24) is 71.5 Å². The van der Waals surface area contributed by atoms with Gasteiger partial charge in [-0.1, -0.05) is 95.6 Å². The van der Waals surface area contributed by atoms with Crippen molar-refractivity contribution in [3.8, 4) is 57.4 Å². The Morgan fingerprint density at radius 1 is 0.453 bits per heavy atom. The van der Waals surface area contributed by atoms with Crippen molar-refractivity contribution in [3.05, 3.63) is 275 Å². The summed E-state index contributed by atoms with van der Waals surface area (Å²) in [6, 6.07) is 35.6. The first-order valence-corrected chi connectivity index (χ1v) is 50.5. The Bertz CT molecular complexity index is 6670. The van der Waals surface area contributed by atoms with Gasteiger partial charge in [-0.25, -0.2) is 34.6 Å². The Morgan fingerprint density at radius 3 is 1.25 bits per heavy atom. The molecule has 0 aliphatic carbocycles. The highest BCUT2D eigenvalue weighted by Crippen LogP contribution is 2.41. The van der Waals surface area contributed by atoms with Crippen molar-refractivity contribution in [2.24, 2.45) is 0 Å². The number of aliphatic hydroxyl groups is 2. The molecule has 150 heavy (non-hydrogen) atoms. The maximum absolute atomic E-state index is 12.6. The van der Waals surface area contributed by atoms with Crippen molar-refractivity contribution in [3.63, 3.8) is 0 Å². The Kier molecular flexibility index (Phi) is 46.3. The summed E-state index contributed by atoms with van der Waals surface area (Å²) in [6.07, 6.45) is 10.2. The number of halogens is 7. The fraction of sp³-hybridized carbons (Fsp3) is 0.304. The van der Waals surface area contributed by atoms with E-state index in [0.29, 0.717) is 104 Å². The van der Waals surface area contributed by atoms with Crippen LogP contribution >= 0.6 is 107 Å². The molecule has 5 aliphatic heterocycles. The third kappa shape index (κ3) is 33.7. The van der Waals surface area contributed by atoms with Crippen molar-refractivity contribution in [2.75, 3.05) is 110 Å². The number of nitrogen functional groups attached to an aromatic ring is 2. The first-order chi connectivity index (χ1) is 71.7. The number of ether oxygens (including phenoxy) is 12. The number of rotatable bonds is 28. The first kappa shape index (κ1) is 119. The number of nitrogens with one attached hydrogen (secondary N) is 7. The van der Waals surface area contributed by atoms with Gasteiger partial charge < -0.3 is 115 Å². The number of nitrogens with zero attached hydrogens (tertiary/aromatic N) is 7. The summed E-state index contributed by atoms with van der Waals surface area (Å²) in [4.78, 5) is 159. The molecule has 48 heteroatoms. The summed E-state index contributed by atoms with van der Waals surface area (Å²) in [6.45, 7) is 4.06. The fourth-order valence-electron chi connectivity index (χ4n) is 15.2. The summed E-state index contributed by atoms with van der Waals surface area (Å²) < 4.78 is 65.3. The highest BCUT2D eigenvalue weighted by Gasteiger charge is 2.38. The second kappa shape index (κ2) is 58.2. The van der Waals surface area contributed by atoms with Gasteiger partial charge in [0.15, 0.2) is 11.4 Å². The van der Waals surface area contributed by atoms with E-state index >= 15 is 0 Å². The second-order valence-electron chi connectivity index (χ2n) is 32.5. The SMILES string of the molecule is CCOC(=O)C[C@@H](NC(=O)CC(=O)OC)c1cc(OC)ccc1Br.CCOC(=O)C[C@@H](NCl)c1cc(OC)ccc1Br.COC(=O)C1=C(O)C[C@H](c2cc(OC)ccc2Br)NC1=O.COc1ccc(-c2cncc(OC)n2)c([C@H]2Cc3nc(N)ncc3C(=O)N2)c1.COc1ccc(Br)c([C@H]2CC(=O)/C(=C/N(C)C)C(=O)N2)c1.COc1ccc(Br)c([C@H]2CC(O)=CC(=O)N2)c1.COc1ccc(Br)c([C@H]2Cc3nc(N)ncc3C(=O)N2)c1. The van der Waals surface area contributed by atoms with E-state index in [1.54, 1.807) is 124 Å². The van der Waals surface area contributed by atoms with Crippen LogP contribution in [0.25, 0.3) is 11.3 Å². The molecule has 0 bridgehead atoms. The van der Waals surface area contributed by atoms with Gasteiger partial charge in [-0.2, -0.15) is 0 Å². The number of anilines is 2. The minimum Gasteiger partial charge on any atom is -0.512 e. The van der Waals surface area contributed by atoms with Crippen LogP contribution in [0.15, 0.2) is 214 Å². The van der Waals surface area contributed by atoms with Crippen LogP contribution in [-0.4, -0.2) is 209 Å². The zero-order valence-electron chi connectivity index (χ0n) is 83.4. The molecule has 5 aliphatic rings. The molecular weight excluding hydrogens is 2360 g/mol. The molecule has 15 rings (SSSR count). The van der Waals surface area contributed by atoms with Crippen LogP contribution in [-0.2, 0) is 74.9 Å². The zero-order chi connectivity index (χ0) is 110. The first-order valence-electron chi connectivity index (χ1n) is 45.4. The van der Waals surface area contributed by atoms with Crippen LogP contribution in [0.2, 0.25) is 0 Å². The number of amides is 6. The van der Waals surface area contributed by atoms with Gasteiger partial charge in [0.1, 0.15) is 58.2 Å². The largest absolute Gasteiger partial charge is 0.512 e. The number of benzene rings is 7. The lowest BCUT2D eigenvalue weighted by Gasteiger charge is -2.27. The molecule has 10 aromatic rings. The van der Waals surface area contributed by atoms with Crippen LogP contribution in [0.1, 0.15) is 166 Å². The predicted octanol–water partition coefficient (Wildman–Crippen LogP) is 15.2. The second-order valence-corrected chi connectivity index (χ2v) is 37.9. The molecule has 41 nitrogen and oxygen atoms in total. The number of carbonyl (C=O) groups is 11. The van der Waals surface area contributed by atoms with E-state index in [4.69, 9.17) is 70.6 Å². The maximum Gasteiger partial charge on any atom is 0.346 e. The predicted molar refractivity (Wildman–Crippen MR) is 573 cm³/mol. The lowest BCUT2D eigenvalue weighted by Crippen LogP contribution is -2.40. The minimum atomic E-state index is -0.854. The number of hydrogen-bond acceptors (Lipinski definition) is 35. The third-order valence-electron chi connectivity index (χ3n) is 22.5. The number of ketones is 1. The van der Waals surface area contributed by atoms with Crippen LogP contribution in [0.3, 0.4) is 0 Å². The highest BCUT2D eigenvalue weighted by atomic mass is 79.9. The number of aliphatic hydroxyl groups excluding tert-OH is 2. The highest BCUT2D eigenvalue weighted by molar-refractivity contribution is 9.11. The fourth-order valence-corrected chi connectivity index (χ4v) is 18.5. The summed E-state index contributed by atoms with van der Waals surface area (Å²) in [7, 11) is 18.4. The Labute approximate surface area is 918 Å². The number of fused-ring (bicyclic) bond motifs is 2. The monoisotopic (exact) mass is 2470 g/mol.